The molecule has 112 valence electrons. The highest BCUT2D eigenvalue weighted by Gasteiger charge is 2.22. The summed E-state index contributed by atoms with van der Waals surface area (Å²) in [6.07, 6.45) is 0.689. The van der Waals surface area contributed by atoms with Gasteiger partial charge in [0, 0.05) is 20.6 Å². The fourth-order valence-corrected chi connectivity index (χ4v) is 2.24. The molecule has 2 rings (SSSR count). The summed E-state index contributed by atoms with van der Waals surface area (Å²) in [5, 5.41) is 13.5. The van der Waals surface area contributed by atoms with Gasteiger partial charge >= 0.3 is 0 Å². The lowest BCUT2D eigenvalue weighted by Gasteiger charge is -2.17. The number of aryl methyl sites for hydroxylation is 2. The lowest BCUT2D eigenvalue weighted by Crippen LogP contribution is -2.28. The third kappa shape index (κ3) is 2.99. The summed E-state index contributed by atoms with van der Waals surface area (Å²) in [5.74, 6) is 0.0338. The molecular formula is C15H20N4O2. The van der Waals surface area contributed by atoms with Crippen molar-refractivity contribution >= 4 is 11.6 Å². The molecule has 0 fully saturated rings. The van der Waals surface area contributed by atoms with Gasteiger partial charge in [-0.2, -0.15) is 5.10 Å². The molecule has 0 bridgehead atoms. The van der Waals surface area contributed by atoms with Crippen LogP contribution in [-0.4, -0.2) is 32.7 Å². The number of rotatable bonds is 4. The van der Waals surface area contributed by atoms with Crippen molar-refractivity contribution in [2.24, 2.45) is 7.05 Å². The van der Waals surface area contributed by atoms with E-state index in [0.29, 0.717) is 24.3 Å². The molecule has 0 aliphatic rings. The van der Waals surface area contributed by atoms with E-state index in [1.165, 1.54) is 4.68 Å². The van der Waals surface area contributed by atoms with Gasteiger partial charge in [-0.05, 0) is 24.1 Å². The van der Waals surface area contributed by atoms with E-state index >= 15 is 0 Å². The second-order valence-corrected chi connectivity index (χ2v) is 5.01. The average molecular weight is 288 g/mol. The van der Waals surface area contributed by atoms with Crippen molar-refractivity contribution in [1.82, 2.24) is 14.7 Å². The van der Waals surface area contributed by atoms with E-state index in [1.807, 2.05) is 6.92 Å². The molecule has 0 unspecified atom stereocenters. The molecule has 0 saturated carbocycles. The molecule has 0 aliphatic carbocycles. The number of hydrogen-bond acceptors (Lipinski definition) is 4. The first-order chi connectivity index (χ1) is 9.93. The molecule has 0 spiro atoms. The third-order valence-electron chi connectivity index (χ3n) is 3.40. The van der Waals surface area contributed by atoms with Crippen LogP contribution in [0.15, 0.2) is 24.3 Å². The van der Waals surface area contributed by atoms with Gasteiger partial charge in [-0.15, -0.1) is 0 Å². The zero-order valence-electron chi connectivity index (χ0n) is 12.5. The van der Waals surface area contributed by atoms with Gasteiger partial charge in [-0.25, -0.2) is 0 Å². The van der Waals surface area contributed by atoms with Crippen LogP contribution in [0.5, 0.6) is 5.75 Å². The number of phenols is 1. The van der Waals surface area contributed by atoms with E-state index in [4.69, 9.17) is 5.73 Å². The molecule has 6 heteroatoms. The van der Waals surface area contributed by atoms with Gasteiger partial charge in [0.2, 0.25) is 0 Å². The first kappa shape index (κ1) is 14.9. The van der Waals surface area contributed by atoms with E-state index in [2.05, 4.69) is 5.10 Å². The van der Waals surface area contributed by atoms with Crippen LogP contribution in [0, 0.1) is 0 Å². The third-order valence-corrected chi connectivity index (χ3v) is 3.40. The maximum Gasteiger partial charge on any atom is 0.274 e. The summed E-state index contributed by atoms with van der Waals surface area (Å²) in [6.45, 7) is 2.39. The normalized spacial score (nSPS) is 10.6. The van der Waals surface area contributed by atoms with Gasteiger partial charge in [0.05, 0.1) is 11.4 Å². The zero-order chi connectivity index (χ0) is 15.6. The maximum atomic E-state index is 12.5. The second-order valence-electron chi connectivity index (χ2n) is 5.01. The van der Waals surface area contributed by atoms with Crippen LogP contribution in [0.3, 0.4) is 0 Å². The molecule has 21 heavy (non-hydrogen) atoms. The Morgan fingerprint density at radius 2 is 2.00 bits per heavy atom. The van der Waals surface area contributed by atoms with Gasteiger partial charge in [-0.1, -0.05) is 19.1 Å². The fourth-order valence-electron chi connectivity index (χ4n) is 2.24. The Hall–Kier alpha value is -2.50. The van der Waals surface area contributed by atoms with Crippen LogP contribution in [-0.2, 0) is 20.0 Å². The van der Waals surface area contributed by atoms with Gasteiger partial charge in [0.1, 0.15) is 11.4 Å². The van der Waals surface area contributed by atoms with Gasteiger partial charge < -0.3 is 15.7 Å². The Balaban J connectivity index is 2.19. The molecule has 0 atom stereocenters. The van der Waals surface area contributed by atoms with Crippen LogP contribution in [0.1, 0.15) is 28.7 Å². The minimum Gasteiger partial charge on any atom is -0.508 e. The number of phenolic OH excluding ortho intramolecular Hbond substituents is 1. The molecule has 0 saturated heterocycles. The quantitative estimate of drug-likeness (QED) is 0.894. The number of carbonyl (C=O) groups is 1. The molecule has 6 nitrogen and oxygen atoms in total. The number of carbonyl (C=O) groups excluding carboxylic acids is 1. The van der Waals surface area contributed by atoms with Crippen molar-refractivity contribution in [3.05, 3.63) is 41.2 Å². The van der Waals surface area contributed by atoms with E-state index in [9.17, 15) is 9.90 Å². The molecule has 0 aliphatic heterocycles. The highest BCUT2D eigenvalue weighted by atomic mass is 16.3. The first-order valence-corrected chi connectivity index (χ1v) is 6.78. The van der Waals surface area contributed by atoms with Crippen molar-refractivity contribution in [3.63, 3.8) is 0 Å². The smallest absolute Gasteiger partial charge is 0.274 e. The van der Waals surface area contributed by atoms with E-state index in [1.54, 1.807) is 43.3 Å². The molecule has 1 aromatic carbocycles. The summed E-state index contributed by atoms with van der Waals surface area (Å²) in [6, 6.07) is 6.76. The number of nitrogens with zero attached hydrogens (tertiary/aromatic N) is 3. The van der Waals surface area contributed by atoms with Gasteiger partial charge in [0.15, 0.2) is 0 Å². The minimum atomic E-state index is -0.171. The number of aromatic nitrogens is 2. The lowest BCUT2D eigenvalue weighted by atomic mass is 10.2. The Morgan fingerprint density at radius 3 is 2.52 bits per heavy atom. The second kappa shape index (κ2) is 5.87. The number of anilines is 1. The van der Waals surface area contributed by atoms with Crippen molar-refractivity contribution in [1.29, 1.82) is 0 Å². The Labute approximate surface area is 123 Å². The van der Waals surface area contributed by atoms with Crippen LogP contribution in [0.25, 0.3) is 0 Å². The summed E-state index contributed by atoms with van der Waals surface area (Å²) < 4.78 is 1.53. The van der Waals surface area contributed by atoms with Crippen LogP contribution >= 0.6 is 0 Å². The zero-order valence-corrected chi connectivity index (χ0v) is 12.5. The molecule has 1 amide bonds. The average Bonchev–Trinajstić information content (AvgIpc) is 2.75. The minimum absolute atomic E-state index is 0.171. The monoisotopic (exact) mass is 288 g/mol. The number of nitrogens with two attached hydrogens (primary N) is 1. The number of nitrogen functional groups attached to an aromatic ring is 1. The number of amides is 1. The largest absolute Gasteiger partial charge is 0.508 e. The summed E-state index contributed by atoms with van der Waals surface area (Å²) in [5.41, 5.74) is 8.53. The predicted octanol–water partition coefficient (Wildman–Crippen LogP) is 1.54. The highest BCUT2D eigenvalue weighted by Crippen LogP contribution is 2.19. The number of aromatic hydroxyl groups is 1. The van der Waals surface area contributed by atoms with Gasteiger partial charge in [0.25, 0.3) is 5.91 Å². The topological polar surface area (TPSA) is 84.4 Å². The molecule has 2 aromatic rings. The fraction of sp³-hybridized carbons (Fsp3) is 0.333. The SMILES string of the molecule is CCc1nn(C)c(C(=O)N(C)Cc2ccc(O)cc2)c1N. The highest BCUT2D eigenvalue weighted by molar-refractivity contribution is 5.97. The molecule has 1 heterocycles. The summed E-state index contributed by atoms with van der Waals surface area (Å²) >= 11 is 0. The molecule has 1 aromatic heterocycles. The van der Waals surface area contributed by atoms with Crippen LogP contribution in [0.4, 0.5) is 5.69 Å². The van der Waals surface area contributed by atoms with Gasteiger partial charge in [-0.3, -0.25) is 9.48 Å². The molecule has 3 N–H and O–H groups in total. The van der Waals surface area contributed by atoms with Crippen LogP contribution < -0.4 is 5.73 Å². The Bertz CT molecular complexity index is 646. The first-order valence-electron chi connectivity index (χ1n) is 6.78. The molecular weight excluding hydrogens is 268 g/mol. The van der Waals surface area contributed by atoms with E-state index in [0.717, 1.165) is 11.3 Å². The predicted molar refractivity (Wildman–Crippen MR) is 80.9 cm³/mol. The number of hydrogen-bond donors (Lipinski definition) is 2. The van der Waals surface area contributed by atoms with Crippen molar-refractivity contribution in [3.8, 4) is 5.75 Å². The van der Waals surface area contributed by atoms with Crippen molar-refractivity contribution in [2.75, 3.05) is 12.8 Å². The summed E-state index contributed by atoms with van der Waals surface area (Å²) in [4.78, 5) is 14.1. The Kier molecular flexibility index (Phi) is 4.16. The standard InChI is InChI=1S/C15H20N4O2/c1-4-12-13(16)14(19(3)17-12)15(21)18(2)9-10-5-7-11(20)8-6-10/h5-8,20H,4,9,16H2,1-3H3. The van der Waals surface area contributed by atoms with Crippen molar-refractivity contribution < 1.29 is 9.90 Å². The number of benzene rings is 1. The summed E-state index contributed by atoms with van der Waals surface area (Å²) in [7, 11) is 3.43. The van der Waals surface area contributed by atoms with E-state index < -0.39 is 0 Å². The van der Waals surface area contributed by atoms with Crippen LogP contribution in [0.2, 0.25) is 0 Å². The van der Waals surface area contributed by atoms with E-state index in [-0.39, 0.29) is 11.7 Å². The maximum absolute atomic E-state index is 12.5. The van der Waals surface area contributed by atoms with Crippen molar-refractivity contribution in [2.45, 2.75) is 19.9 Å². The lowest BCUT2D eigenvalue weighted by molar-refractivity contribution is 0.0775. The Morgan fingerprint density at radius 1 is 1.38 bits per heavy atom. The molecule has 0 radical (unpaired) electrons.